The first-order valence-corrected chi connectivity index (χ1v) is 10.7. The molecule has 0 aliphatic carbocycles. The SMILES string of the molecule is CC(=O)OC[C@H]1OC(OC(C)=O)[C@H](N=Cc2ccc(I)cc2)[C@@H](OC(C)=O)[C@@H]1OC(C)=O. The summed E-state index contributed by atoms with van der Waals surface area (Å²) < 4.78 is 27.9. The van der Waals surface area contributed by atoms with E-state index in [4.69, 9.17) is 23.7 Å². The molecule has 174 valence electrons. The van der Waals surface area contributed by atoms with Crippen molar-refractivity contribution in [1.29, 1.82) is 0 Å². The van der Waals surface area contributed by atoms with Crippen molar-refractivity contribution < 1.29 is 42.9 Å². The number of ether oxygens (including phenoxy) is 5. The van der Waals surface area contributed by atoms with Crippen LogP contribution in [0.5, 0.6) is 0 Å². The summed E-state index contributed by atoms with van der Waals surface area (Å²) in [6.45, 7) is 4.42. The molecular formula is C21H24INO9. The van der Waals surface area contributed by atoms with Gasteiger partial charge in [-0.25, -0.2) is 0 Å². The number of rotatable bonds is 7. The summed E-state index contributed by atoms with van der Waals surface area (Å²) in [5.41, 5.74) is 0.736. The Morgan fingerprint density at radius 3 is 2.00 bits per heavy atom. The summed E-state index contributed by atoms with van der Waals surface area (Å²) in [6, 6.07) is 6.35. The van der Waals surface area contributed by atoms with Crippen LogP contribution in [0.25, 0.3) is 0 Å². The van der Waals surface area contributed by atoms with E-state index in [1.165, 1.54) is 33.9 Å². The molecule has 1 aromatic carbocycles. The van der Waals surface area contributed by atoms with E-state index in [2.05, 4.69) is 27.6 Å². The average molecular weight is 561 g/mol. The second kappa shape index (κ2) is 11.9. The molecular weight excluding hydrogens is 537 g/mol. The number of carbonyl (C=O) groups excluding carboxylic acids is 4. The Morgan fingerprint density at radius 1 is 0.906 bits per heavy atom. The predicted molar refractivity (Wildman–Crippen MR) is 119 cm³/mol. The van der Waals surface area contributed by atoms with Crippen LogP contribution in [0.4, 0.5) is 0 Å². The molecule has 1 saturated heterocycles. The van der Waals surface area contributed by atoms with E-state index in [1.807, 2.05) is 24.3 Å². The smallest absolute Gasteiger partial charge is 0.305 e. The first-order chi connectivity index (χ1) is 15.1. The molecule has 1 aliphatic rings. The minimum atomic E-state index is -1.29. The molecule has 0 amide bonds. The van der Waals surface area contributed by atoms with Gasteiger partial charge >= 0.3 is 23.9 Å². The fourth-order valence-corrected chi connectivity index (χ4v) is 3.38. The maximum Gasteiger partial charge on any atom is 0.305 e. The highest BCUT2D eigenvalue weighted by Gasteiger charge is 2.51. The van der Waals surface area contributed by atoms with Gasteiger partial charge in [-0.3, -0.25) is 24.2 Å². The molecule has 1 aliphatic heterocycles. The molecule has 0 saturated carbocycles. The summed E-state index contributed by atoms with van der Waals surface area (Å²) in [4.78, 5) is 51.0. The third-order valence-electron chi connectivity index (χ3n) is 4.22. The van der Waals surface area contributed by atoms with E-state index in [-0.39, 0.29) is 6.61 Å². The monoisotopic (exact) mass is 561 g/mol. The Balaban J connectivity index is 2.45. The van der Waals surface area contributed by atoms with Gasteiger partial charge < -0.3 is 23.7 Å². The lowest BCUT2D eigenvalue weighted by molar-refractivity contribution is -0.266. The van der Waals surface area contributed by atoms with Crippen LogP contribution in [-0.4, -0.2) is 67.3 Å². The number of halogens is 1. The van der Waals surface area contributed by atoms with Crippen molar-refractivity contribution in [3.05, 3.63) is 33.4 Å². The van der Waals surface area contributed by atoms with E-state index in [9.17, 15) is 19.2 Å². The minimum Gasteiger partial charge on any atom is -0.463 e. The van der Waals surface area contributed by atoms with Gasteiger partial charge in [-0.15, -0.1) is 0 Å². The molecule has 0 radical (unpaired) electrons. The van der Waals surface area contributed by atoms with E-state index in [0.717, 1.165) is 9.13 Å². The lowest BCUT2D eigenvalue weighted by Gasteiger charge is -2.42. The highest BCUT2D eigenvalue weighted by atomic mass is 127. The van der Waals surface area contributed by atoms with Crippen molar-refractivity contribution in [2.24, 2.45) is 4.99 Å². The fourth-order valence-electron chi connectivity index (χ4n) is 3.02. The van der Waals surface area contributed by atoms with Gasteiger partial charge in [0.05, 0.1) is 0 Å². The number of hydrogen-bond donors (Lipinski definition) is 0. The number of esters is 4. The molecule has 32 heavy (non-hydrogen) atoms. The quantitative estimate of drug-likeness (QED) is 0.212. The Hall–Kier alpha value is -2.54. The van der Waals surface area contributed by atoms with Crippen LogP contribution < -0.4 is 0 Å². The average Bonchev–Trinajstić information content (AvgIpc) is 2.68. The Labute approximate surface area is 198 Å². The Bertz CT molecular complexity index is 871. The van der Waals surface area contributed by atoms with Gasteiger partial charge in [0.15, 0.2) is 18.2 Å². The van der Waals surface area contributed by atoms with Gasteiger partial charge in [-0.05, 0) is 40.3 Å². The number of nitrogens with zero attached hydrogens (tertiary/aromatic N) is 1. The normalized spacial score (nSPS) is 25.1. The minimum absolute atomic E-state index is 0.323. The van der Waals surface area contributed by atoms with Crippen LogP contribution in [0.15, 0.2) is 29.3 Å². The van der Waals surface area contributed by atoms with E-state index >= 15 is 0 Å². The van der Waals surface area contributed by atoms with Gasteiger partial charge in [-0.2, -0.15) is 0 Å². The molecule has 10 nitrogen and oxygen atoms in total. The molecule has 5 atom stereocenters. The van der Waals surface area contributed by atoms with Gasteiger partial charge in [-0.1, -0.05) is 12.1 Å². The summed E-state index contributed by atoms with van der Waals surface area (Å²) in [7, 11) is 0. The third kappa shape index (κ3) is 7.86. The third-order valence-corrected chi connectivity index (χ3v) is 4.94. The van der Waals surface area contributed by atoms with E-state index < -0.39 is 54.5 Å². The van der Waals surface area contributed by atoms with Crippen molar-refractivity contribution in [2.75, 3.05) is 6.61 Å². The molecule has 0 aromatic heterocycles. The van der Waals surface area contributed by atoms with Crippen LogP contribution in [-0.2, 0) is 42.9 Å². The maximum absolute atomic E-state index is 11.9. The van der Waals surface area contributed by atoms with Crippen molar-refractivity contribution in [1.82, 2.24) is 0 Å². The summed E-state index contributed by atoms with van der Waals surface area (Å²) in [5, 5.41) is 0. The number of aliphatic imine (C=N–C) groups is 1. The van der Waals surface area contributed by atoms with Crippen LogP contribution in [0.3, 0.4) is 0 Å². The zero-order valence-electron chi connectivity index (χ0n) is 18.0. The van der Waals surface area contributed by atoms with Crippen LogP contribution in [0.2, 0.25) is 0 Å². The van der Waals surface area contributed by atoms with Crippen LogP contribution >= 0.6 is 22.6 Å². The van der Waals surface area contributed by atoms with Gasteiger partial charge in [0.25, 0.3) is 0 Å². The van der Waals surface area contributed by atoms with Gasteiger partial charge in [0, 0.05) is 37.5 Å². The first kappa shape index (κ1) is 25.7. The predicted octanol–water partition coefficient (Wildman–Crippen LogP) is 1.79. The highest BCUT2D eigenvalue weighted by molar-refractivity contribution is 14.1. The topological polar surface area (TPSA) is 127 Å². The van der Waals surface area contributed by atoms with Crippen LogP contribution in [0, 0.1) is 3.57 Å². The van der Waals surface area contributed by atoms with Gasteiger partial charge in [0.2, 0.25) is 6.29 Å². The molecule has 1 unspecified atom stereocenters. The highest BCUT2D eigenvalue weighted by Crippen LogP contribution is 2.30. The van der Waals surface area contributed by atoms with Crippen molar-refractivity contribution >= 4 is 52.7 Å². The van der Waals surface area contributed by atoms with Crippen LogP contribution in [0.1, 0.15) is 33.3 Å². The first-order valence-electron chi connectivity index (χ1n) is 9.66. The summed E-state index contributed by atoms with van der Waals surface area (Å²) >= 11 is 2.17. The summed E-state index contributed by atoms with van der Waals surface area (Å²) in [6.07, 6.45) is -3.18. The molecule has 0 bridgehead atoms. The molecule has 1 heterocycles. The zero-order chi connectivity index (χ0) is 23.8. The molecule has 2 rings (SSSR count). The largest absolute Gasteiger partial charge is 0.463 e. The number of carbonyl (C=O) groups is 4. The summed E-state index contributed by atoms with van der Waals surface area (Å²) in [5.74, 6) is -2.60. The Kier molecular flexibility index (Phi) is 9.57. The lowest BCUT2D eigenvalue weighted by Crippen LogP contribution is -2.61. The molecule has 0 spiro atoms. The second-order valence-electron chi connectivity index (χ2n) is 6.92. The zero-order valence-corrected chi connectivity index (χ0v) is 20.1. The van der Waals surface area contributed by atoms with Gasteiger partial charge in [0.1, 0.15) is 12.7 Å². The molecule has 1 fully saturated rings. The van der Waals surface area contributed by atoms with E-state index in [1.54, 1.807) is 0 Å². The fraction of sp³-hybridized carbons (Fsp3) is 0.476. The number of benzene rings is 1. The molecule has 1 aromatic rings. The standard InChI is InChI=1S/C21H24INO9/c1-11(24)28-10-17-19(29-12(2)25)20(30-13(3)26)18(21(32-17)31-14(4)27)23-9-15-5-7-16(22)8-6-15/h5-9,17-21H,10H2,1-4H3/t17-,18-,19-,20-,21?/m1/s1. The number of hydrogen-bond acceptors (Lipinski definition) is 10. The van der Waals surface area contributed by atoms with Crippen molar-refractivity contribution in [2.45, 2.75) is 58.3 Å². The lowest BCUT2D eigenvalue weighted by atomic mass is 9.96. The molecule has 11 heteroatoms. The van der Waals surface area contributed by atoms with E-state index in [0.29, 0.717) is 0 Å². The second-order valence-corrected chi connectivity index (χ2v) is 8.17. The maximum atomic E-state index is 11.9. The van der Waals surface area contributed by atoms with Crippen molar-refractivity contribution in [3.63, 3.8) is 0 Å². The van der Waals surface area contributed by atoms with Crippen molar-refractivity contribution in [3.8, 4) is 0 Å². The Morgan fingerprint density at radius 2 is 1.47 bits per heavy atom. The molecule has 0 N–H and O–H groups in total.